The molecular weight excluding hydrogens is 280 g/mol. The number of aromatic hydroxyl groups is 1. The minimum Gasteiger partial charge on any atom is -0.505 e. The molecule has 3 rings (SSSR count). The Balaban J connectivity index is 1.99. The largest absolute Gasteiger partial charge is 0.505 e. The summed E-state index contributed by atoms with van der Waals surface area (Å²) in [5.41, 5.74) is 6.23. The molecule has 5 nitrogen and oxygen atoms in total. The summed E-state index contributed by atoms with van der Waals surface area (Å²) in [6.45, 7) is 0. The third kappa shape index (κ3) is 2.40. The molecule has 0 aliphatic carbocycles. The first-order valence-electron chi connectivity index (χ1n) is 5.92. The molecule has 3 N–H and O–H groups in total. The number of aromatic nitrogens is 2. The molecule has 0 radical (unpaired) electrons. The number of phenols is 1. The number of nitrogen functional groups attached to an aromatic ring is 1. The molecule has 21 heavy (non-hydrogen) atoms. The molecule has 3 aromatic rings. The molecule has 0 aliphatic heterocycles. The minimum absolute atomic E-state index is 0.0390. The quantitative estimate of drug-likeness (QED) is 0.708. The Labute approximate surface area is 117 Å². The van der Waals surface area contributed by atoms with Gasteiger partial charge in [-0.25, -0.2) is 8.78 Å². The van der Waals surface area contributed by atoms with Crippen molar-refractivity contribution in [1.29, 1.82) is 0 Å². The van der Waals surface area contributed by atoms with Crippen LogP contribution < -0.4 is 5.73 Å². The van der Waals surface area contributed by atoms with Crippen molar-refractivity contribution < 1.29 is 18.4 Å². The zero-order valence-corrected chi connectivity index (χ0v) is 10.5. The number of halogens is 2. The summed E-state index contributed by atoms with van der Waals surface area (Å²) in [7, 11) is 0. The van der Waals surface area contributed by atoms with Crippen LogP contribution in [0.1, 0.15) is 0 Å². The van der Waals surface area contributed by atoms with Crippen LogP contribution in [0.25, 0.3) is 22.8 Å². The highest BCUT2D eigenvalue weighted by molar-refractivity contribution is 5.63. The van der Waals surface area contributed by atoms with E-state index in [0.29, 0.717) is 11.1 Å². The van der Waals surface area contributed by atoms with Crippen LogP contribution in [0.2, 0.25) is 0 Å². The van der Waals surface area contributed by atoms with Gasteiger partial charge < -0.3 is 15.4 Å². The van der Waals surface area contributed by atoms with Crippen molar-refractivity contribution in [2.75, 3.05) is 5.73 Å². The molecule has 0 bridgehead atoms. The highest BCUT2D eigenvalue weighted by atomic mass is 19.1. The number of anilines is 1. The van der Waals surface area contributed by atoms with E-state index in [2.05, 4.69) is 10.1 Å². The average Bonchev–Trinajstić information content (AvgIpc) is 2.94. The van der Waals surface area contributed by atoms with E-state index in [-0.39, 0.29) is 17.4 Å². The lowest BCUT2D eigenvalue weighted by Gasteiger charge is -1.98. The molecular formula is C14H9F2N3O2. The van der Waals surface area contributed by atoms with Gasteiger partial charge in [0.1, 0.15) is 5.82 Å². The molecule has 0 aliphatic rings. The van der Waals surface area contributed by atoms with Gasteiger partial charge in [-0.1, -0.05) is 5.16 Å². The molecule has 0 amide bonds. The summed E-state index contributed by atoms with van der Waals surface area (Å²) in [5.74, 6) is -1.52. The Bertz CT molecular complexity index is 752. The Kier molecular flexibility index (Phi) is 3.02. The number of phenolic OH excluding ortho intramolecular Hbond substituents is 1. The van der Waals surface area contributed by atoms with Gasteiger partial charge in [0.15, 0.2) is 11.6 Å². The van der Waals surface area contributed by atoms with Gasteiger partial charge in [0.2, 0.25) is 5.82 Å². The number of hydrogen-bond donors (Lipinski definition) is 2. The Morgan fingerprint density at radius 2 is 1.76 bits per heavy atom. The van der Waals surface area contributed by atoms with Crippen molar-refractivity contribution in [3.05, 3.63) is 48.0 Å². The zero-order valence-electron chi connectivity index (χ0n) is 10.5. The van der Waals surface area contributed by atoms with Crippen LogP contribution >= 0.6 is 0 Å². The molecule has 0 unspecified atom stereocenters. The molecule has 0 atom stereocenters. The number of hydrogen-bond acceptors (Lipinski definition) is 5. The summed E-state index contributed by atoms with van der Waals surface area (Å²) < 4.78 is 31.5. The average molecular weight is 289 g/mol. The standard InChI is InChI=1S/C14H9F2N3O2/c15-9-3-1-8(6-11(9)17)14-18-13(19-21-14)7-2-4-12(20)10(16)5-7/h1-6,20H,17H2. The molecule has 0 spiro atoms. The normalized spacial score (nSPS) is 10.8. The van der Waals surface area contributed by atoms with Crippen molar-refractivity contribution in [2.45, 2.75) is 0 Å². The summed E-state index contributed by atoms with van der Waals surface area (Å²) >= 11 is 0. The van der Waals surface area contributed by atoms with Crippen LogP contribution in [0.3, 0.4) is 0 Å². The molecule has 0 fully saturated rings. The van der Waals surface area contributed by atoms with Gasteiger partial charge in [0.05, 0.1) is 5.69 Å². The predicted molar refractivity (Wildman–Crippen MR) is 71.2 cm³/mol. The van der Waals surface area contributed by atoms with E-state index in [4.69, 9.17) is 15.4 Å². The third-order valence-electron chi connectivity index (χ3n) is 2.87. The van der Waals surface area contributed by atoms with Crippen molar-refractivity contribution in [3.63, 3.8) is 0 Å². The second-order valence-corrected chi connectivity index (χ2v) is 4.33. The van der Waals surface area contributed by atoms with Crippen LogP contribution in [0, 0.1) is 11.6 Å². The van der Waals surface area contributed by atoms with E-state index in [1.54, 1.807) is 0 Å². The van der Waals surface area contributed by atoms with Crippen molar-refractivity contribution in [2.24, 2.45) is 0 Å². The first-order chi connectivity index (χ1) is 10.0. The fourth-order valence-corrected chi connectivity index (χ4v) is 1.78. The van der Waals surface area contributed by atoms with Gasteiger partial charge in [-0.2, -0.15) is 4.98 Å². The van der Waals surface area contributed by atoms with Gasteiger partial charge in [0.25, 0.3) is 5.89 Å². The monoisotopic (exact) mass is 289 g/mol. The summed E-state index contributed by atoms with van der Waals surface area (Å²) in [5, 5.41) is 12.9. The second kappa shape index (κ2) is 4.86. The second-order valence-electron chi connectivity index (χ2n) is 4.33. The number of benzene rings is 2. The predicted octanol–water partition coefficient (Wildman–Crippen LogP) is 2.97. The molecule has 0 saturated heterocycles. The molecule has 1 aromatic heterocycles. The van der Waals surface area contributed by atoms with Crippen molar-refractivity contribution in [1.82, 2.24) is 10.1 Å². The van der Waals surface area contributed by atoms with E-state index < -0.39 is 17.4 Å². The van der Waals surface area contributed by atoms with E-state index >= 15 is 0 Å². The summed E-state index contributed by atoms with van der Waals surface area (Å²) in [6.07, 6.45) is 0. The Hall–Kier alpha value is -2.96. The Morgan fingerprint density at radius 1 is 1.00 bits per heavy atom. The lowest BCUT2D eigenvalue weighted by molar-refractivity contribution is 0.430. The van der Waals surface area contributed by atoms with Crippen LogP contribution in [0.5, 0.6) is 5.75 Å². The molecule has 1 heterocycles. The van der Waals surface area contributed by atoms with Crippen molar-refractivity contribution in [3.8, 4) is 28.6 Å². The minimum atomic E-state index is -0.787. The van der Waals surface area contributed by atoms with E-state index in [1.165, 1.54) is 30.3 Å². The first-order valence-corrected chi connectivity index (χ1v) is 5.92. The van der Waals surface area contributed by atoms with E-state index in [0.717, 1.165) is 6.07 Å². The zero-order chi connectivity index (χ0) is 15.0. The van der Waals surface area contributed by atoms with Gasteiger partial charge in [-0.3, -0.25) is 0 Å². The third-order valence-corrected chi connectivity index (χ3v) is 2.87. The van der Waals surface area contributed by atoms with Crippen molar-refractivity contribution >= 4 is 5.69 Å². The topological polar surface area (TPSA) is 85.2 Å². The van der Waals surface area contributed by atoms with Gasteiger partial charge >= 0.3 is 0 Å². The smallest absolute Gasteiger partial charge is 0.258 e. The molecule has 106 valence electrons. The maximum absolute atomic E-state index is 13.3. The number of rotatable bonds is 2. The maximum Gasteiger partial charge on any atom is 0.258 e. The Morgan fingerprint density at radius 3 is 2.48 bits per heavy atom. The lowest BCUT2D eigenvalue weighted by Crippen LogP contribution is -1.90. The number of nitrogens with two attached hydrogens (primary N) is 1. The summed E-state index contributed by atoms with van der Waals surface area (Å²) in [6, 6.07) is 7.73. The summed E-state index contributed by atoms with van der Waals surface area (Å²) in [4.78, 5) is 4.09. The van der Waals surface area contributed by atoms with Gasteiger partial charge in [-0.05, 0) is 36.4 Å². The van der Waals surface area contributed by atoms with Crippen LogP contribution in [0.15, 0.2) is 40.9 Å². The SMILES string of the molecule is Nc1cc(-c2nc(-c3ccc(O)c(F)c3)no2)ccc1F. The maximum atomic E-state index is 13.3. The highest BCUT2D eigenvalue weighted by Crippen LogP contribution is 2.26. The fourth-order valence-electron chi connectivity index (χ4n) is 1.78. The van der Waals surface area contributed by atoms with Crippen LogP contribution in [0.4, 0.5) is 14.5 Å². The van der Waals surface area contributed by atoms with Gasteiger partial charge in [0, 0.05) is 11.1 Å². The molecule has 7 heteroatoms. The van der Waals surface area contributed by atoms with E-state index in [1.807, 2.05) is 0 Å². The number of nitrogens with zero attached hydrogens (tertiary/aromatic N) is 2. The van der Waals surface area contributed by atoms with Gasteiger partial charge in [-0.15, -0.1) is 0 Å². The molecule has 2 aromatic carbocycles. The van der Waals surface area contributed by atoms with E-state index in [9.17, 15) is 8.78 Å². The van der Waals surface area contributed by atoms with Crippen LogP contribution in [-0.2, 0) is 0 Å². The fraction of sp³-hybridized carbons (Fsp3) is 0. The lowest BCUT2D eigenvalue weighted by atomic mass is 10.2. The van der Waals surface area contributed by atoms with Crippen LogP contribution in [-0.4, -0.2) is 15.2 Å². The highest BCUT2D eigenvalue weighted by Gasteiger charge is 2.13. The first kappa shape index (κ1) is 13.0. The molecule has 0 saturated carbocycles.